The number of hydrogen-bond acceptors (Lipinski definition) is 3. The summed E-state index contributed by atoms with van der Waals surface area (Å²) < 4.78 is 6.73. The van der Waals surface area contributed by atoms with E-state index in [9.17, 15) is 0 Å². The zero-order chi connectivity index (χ0) is 11.4. The Labute approximate surface area is 108 Å². The predicted molar refractivity (Wildman–Crippen MR) is 71.4 cm³/mol. The molecule has 0 aliphatic carbocycles. The van der Waals surface area contributed by atoms with Crippen molar-refractivity contribution in [1.29, 1.82) is 0 Å². The van der Waals surface area contributed by atoms with Crippen LogP contribution in [-0.4, -0.2) is 4.98 Å². The standard InChI is InChI=1S/C12H11IN2O/c13-10-2-1-3-11(6-10)16-12-5-4-9(7-14)8-15-12/h1-6,8H,7,14H2. The highest BCUT2D eigenvalue weighted by atomic mass is 127. The summed E-state index contributed by atoms with van der Waals surface area (Å²) in [5, 5.41) is 0. The second-order valence-electron chi connectivity index (χ2n) is 3.27. The normalized spacial score (nSPS) is 10.1. The monoisotopic (exact) mass is 326 g/mol. The minimum absolute atomic E-state index is 0.497. The van der Waals surface area contributed by atoms with Gasteiger partial charge in [-0.3, -0.25) is 0 Å². The van der Waals surface area contributed by atoms with E-state index in [1.165, 1.54) is 0 Å². The first-order valence-electron chi connectivity index (χ1n) is 4.86. The highest BCUT2D eigenvalue weighted by Crippen LogP contribution is 2.21. The Balaban J connectivity index is 2.14. The van der Waals surface area contributed by atoms with E-state index in [1.807, 2.05) is 36.4 Å². The smallest absolute Gasteiger partial charge is 0.219 e. The minimum Gasteiger partial charge on any atom is -0.439 e. The molecule has 0 radical (unpaired) electrons. The molecule has 0 amide bonds. The molecule has 82 valence electrons. The van der Waals surface area contributed by atoms with E-state index in [0.29, 0.717) is 12.4 Å². The third-order valence-electron chi connectivity index (χ3n) is 2.05. The molecule has 0 bridgehead atoms. The van der Waals surface area contributed by atoms with E-state index < -0.39 is 0 Å². The van der Waals surface area contributed by atoms with Gasteiger partial charge < -0.3 is 10.5 Å². The fraction of sp³-hybridized carbons (Fsp3) is 0.0833. The molecule has 1 aromatic carbocycles. The number of nitrogens with zero attached hydrogens (tertiary/aromatic N) is 1. The van der Waals surface area contributed by atoms with E-state index in [0.717, 1.165) is 14.9 Å². The van der Waals surface area contributed by atoms with Gasteiger partial charge in [0.05, 0.1) is 0 Å². The van der Waals surface area contributed by atoms with Crippen molar-refractivity contribution in [3.05, 3.63) is 51.7 Å². The lowest BCUT2D eigenvalue weighted by atomic mass is 10.3. The van der Waals surface area contributed by atoms with Crippen LogP contribution < -0.4 is 10.5 Å². The SMILES string of the molecule is NCc1ccc(Oc2cccc(I)c2)nc1. The molecule has 1 heterocycles. The van der Waals surface area contributed by atoms with Gasteiger partial charge in [0.1, 0.15) is 5.75 Å². The molecule has 0 atom stereocenters. The van der Waals surface area contributed by atoms with Gasteiger partial charge in [0.15, 0.2) is 0 Å². The first kappa shape index (κ1) is 11.3. The van der Waals surface area contributed by atoms with Crippen LogP contribution in [0, 0.1) is 3.57 Å². The van der Waals surface area contributed by atoms with Gasteiger partial charge in [0.2, 0.25) is 5.88 Å². The fourth-order valence-corrected chi connectivity index (χ4v) is 1.76. The molecule has 0 fully saturated rings. The van der Waals surface area contributed by atoms with Crippen LogP contribution in [0.2, 0.25) is 0 Å². The Kier molecular flexibility index (Phi) is 3.74. The number of benzene rings is 1. The molecule has 2 aromatic rings. The topological polar surface area (TPSA) is 48.1 Å². The Morgan fingerprint density at radius 2 is 2.12 bits per heavy atom. The molecule has 0 saturated heterocycles. The Morgan fingerprint density at radius 1 is 1.25 bits per heavy atom. The minimum atomic E-state index is 0.497. The summed E-state index contributed by atoms with van der Waals surface area (Å²) in [6.45, 7) is 0.497. The lowest BCUT2D eigenvalue weighted by molar-refractivity contribution is 0.462. The number of halogens is 1. The molecular weight excluding hydrogens is 315 g/mol. The average molecular weight is 326 g/mol. The van der Waals surface area contributed by atoms with Crippen molar-refractivity contribution in [1.82, 2.24) is 4.98 Å². The molecule has 0 aliphatic rings. The van der Waals surface area contributed by atoms with Crippen LogP contribution in [0.4, 0.5) is 0 Å². The second kappa shape index (κ2) is 5.27. The largest absolute Gasteiger partial charge is 0.439 e. The van der Waals surface area contributed by atoms with Crippen molar-refractivity contribution in [2.24, 2.45) is 5.73 Å². The van der Waals surface area contributed by atoms with E-state index >= 15 is 0 Å². The summed E-state index contributed by atoms with van der Waals surface area (Å²) in [7, 11) is 0. The molecule has 1 aromatic heterocycles. The quantitative estimate of drug-likeness (QED) is 0.883. The van der Waals surface area contributed by atoms with Crippen LogP contribution in [0.25, 0.3) is 0 Å². The highest BCUT2D eigenvalue weighted by Gasteiger charge is 1.99. The van der Waals surface area contributed by atoms with E-state index in [4.69, 9.17) is 10.5 Å². The van der Waals surface area contributed by atoms with Crippen LogP contribution in [-0.2, 0) is 6.54 Å². The van der Waals surface area contributed by atoms with Crippen molar-refractivity contribution in [2.45, 2.75) is 6.54 Å². The van der Waals surface area contributed by atoms with Crippen LogP contribution in [0.5, 0.6) is 11.6 Å². The average Bonchev–Trinajstić information content (AvgIpc) is 2.30. The van der Waals surface area contributed by atoms with Crippen molar-refractivity contribution >= 4 is 22.6 Å². The molecule has 2 rings (SSSR count). The van der Waals surface area contributed by atoms with E-state index in [1.54, 1.807) is 6.20 Å². The van der Waals surface area contributed by atoms with Gasteiger partial charge in [0, 0.05) is 22.4 Å². The number of nitrogens with two attached hydrogens (primary N) is 1. The van der Waals surface area contributed by atoms with Crippen molar-refractivity contribution < 1.29 is 4.74 Å². The number of pyridine rings is 1. The Bertz CT molecular complexity index is 471. The van der Waals surface area contributed by atoms with Gasteiger partial charge in [-0.25, -0.2) is 4.98 Å². The van der Waals surface area contributed by atoms with Gasteiger partial charge in [-0.1, -0.05) is 12.1 Å². The summed E-state index contributed by atoms with van der Waals surface area (Å²) in [5.41, 5.74) is 6.49. The van der Waals surface area contributed by atoms with E-state index in [-0.39, 0.29) is 0 Å². The van der Waals surface area contributed by atoms with Crippen LogP contribution in [0.15, 0.2) is 42.6 Å². The fourth-order valence-electron chi connectivity index (χ4n) is 1.24. The summed E-state index contributed by atoms with van der Waals surface area (Å²) in [6.07, 6.45) is 1.73. The highest BCUT2D eigenvalue weighted by molar-refractivity contribution is 14.1. The number of rotatable bonds is 3. The van der Waals surface area contributed by atoms with Gasteiger partial charge >= 0.3 is 0 Å². The number of ether oxygens (including phenoxy) is 1. The summed E-state index contributed by atoms with van der Waals surface area (Å²) >= 11 is 2.24. The Hall–Kier alpha value is -1.14. The first-order valence-corrected chi connectivity index (χ1v) is 5.94. The number of hydrogen-bond donors (Lipinski definition) is 1. The van der Waals surface area contributed by atoms with Gasteiger partial charge in [-0.05, 0) is 46.4 Å². The third kappa shape index (κ3) is 2.93. The first-order chi connectivity index (χ1) is 7.78. The summed E-state index contributed by atoms with van der Waals surface area (Å²) in [6, 6.07) is 11.6. The molecule has 0 aliphatic heterocycles. The van der Waals surface area contributed by atoms with Crippen LogP contribution in [0.1, 0.15) is 5.56 Å². The lowest BCUT2D eigenvalue weighted by Gasteiger charge is -2.05. The molecule has 16 heavy (non-hydrogen) atoms. The summed E-state index contributed by atoms with van der Waals surface area (Å²) in [4.78, 5) is 4.17. The van der Waals surface area contributed by atoms with Gasteiger partial charge in [0.25, 0.3) is 0 Å². The third-order valence-corrected chi connectivity index (χ3v) is 2.72. The molecule has 0 unspecified atom stereocenters. The molecule has 2 N–H and O–H groups in total. The number of aromatic nitrogens is 1. The molecule has 4 heteroatoms. The maximum atomic E-state index is 5.60. The zero-order valence-electron chi connectivity index (χ0n) is 8.56. The maximum absolute atomic E-state index is 5.60. The zero-order valence-corrected chi connectivity index (χ0v) is 10.7. The maximum Gasteiger partial charge on any atom is 0.219 e. The van der Waals surface area contributed by atoms with Gasteiger partial charge in [-0.15, -0.1) is 0 Å². The van der Waals surface area contributed by atoms with Crippen molar-refractivity contribution in [3.63, 3.8) is 0 Å². The molecule has 3 nitrogen and oxygen atoms in total. The van der Waals surface area contributed by atoms with Crippen molar-refractivity contribution in [2.75, 3.05) is 0 Å². The summed E-state index contributed by atoms with van der Waals surface area (Å²) in [5.74, 6) is 1.37. The molecule has 0 spiro atoms. The van der Waals surface area contributed by atoms with Crippen LogP contribution in [0.3, 0.4) is 0 Å². The Morgan fingerprint density at radius 3 is 2.75 bits per heavy atom. The van der Waals surface area contributed by atoms with Gasteiger partial charge in [-0.2, -0.15) is 0 Å². The van der Waals surface area contributed by atoms with Crippen LogP contribution >= 0.6 is 22.6 Å². The molecular formula is C12H11IN2O. The van der Waals surface area contributed by atoms with Crippen molar-refractivity contribution in [3.8, 4) is 11.6 Å². The molecule has 0 saturated carbocycles. The lowest BCUT2D eigenvalue weighted by Crippen LogP contribution is -1.97. The predicted octanol–water partition coefficient (Wildman–Crippen LogP) is 2.94. The van der Waals surface area contributed by atoms with E-state index in [2.05, 4.69) is 27.6 Å². The second-order valence-corrected chi connectivity index (χ2v) is 4.51.